The Hall–Kier alpha value is -2.53. The van der Waals surface area contributed by atoms with Crippen LogP contribution in [0, 0.1) is 5.92 Å². The lowest BCUT2D eigenvalue weighted by molar-refractivity contribution is 0.0991. The first-order chi connectivity index (χ1) is 13.6. The quantitative estimate of drug-likeness (QED) is 0.655. The highest BCUT2D eigenvalue weighted by Crippen LogP contribution is 2.40. The number of hydrogen-bond donors (Lipinski definition) is 1. The largest absolute Gasteiger partial charge is 0.481 e. The Labute approximate surface area is 169 Å². The average Bonchev–Trinajstić information content (AvgIpc) is 3.02. The van der Waals surface area contributed by atoms with Crippen molar-refractivity contribution in [3.05, 3.63) is 47.2 Å². The molecule has 1 amide bonds. The van der Waals surface area contributed by atoms with Crippen LogP contribution in [0.25, 0.3) is 22.0 Å². The Balaban J connectivity index is 1.98. The van der Waals surface area contributed by atoms with Crippen LogP contribution >= 0.6 is 11.6 Å². The van der Waals surface area contributed by atoms with Crippen LogP contribution < -0.4 is 10.5 Å². The lowest BCUT2D eigenvalue weighted by Gasteiger charge is -2.23. The summed E-state index contributed by atoms with van der Waals surface area (Å²) in [7, 11) is 1.57. The minimum absolute atomic E-state index is 0.455. The second-order valence-corrected chi connectivity index (χ2v) is 7.86. The van der Waals surface area contributed by atoms with Crippen molar-refractivity contribution < 1.29 is 9.53 Å². The van der Waals surface area contributed by atoms with Crippen LogP contribution in [0.1, 0.15) is 42.6 Å². The van der Waals surface area contributed by atoms with Gasteiger partial charge in [-0.1, -0.05) is 30.9 Å². The molecular weight excluding hydrogens is 374 g/mol. The Kier molecular flexibility index (Phi) is 5.27. The summed E-state index contributed by atoms with van der Waals surface area (Å²) in [6.45, 7) is 0.777. The molecule has 0 unspecified atom stereocenters. The number of ether oxygens (including phenoxy) is 1. The number of amides is 1. The van der Waals surface area contributed by atoms with E-state index in [1.54, 1.807) is 13.3 Å². The zero-order chi connectivity index (χ0) is 19.7. The first-order valence-electron chi connectivity index (χ1n) is 9.71. The molecule has 2 heterocycles. The van der Waals surface area contributed by atoms with Crippen LogP contribution in [-0.2, 0) is 6.54 Å². The molecule has 2 aromatic heterocycles. The van der Waals surface area contributed by atoms with Gasteiger partial charge < -0.3 is 15.0 Å². The molecule has 5 nitrogen and oxygen atoms in total. The van der Waals surface area contributed by atoms with E-state index < -0.39 is 5.91 Å². The van der Waals surface area contributed by atoms with Crippen molar-refractivity contribution in [2.45, 2.75) is 38.6 Å². The first-order valence-corrected chi connectivity index (χ1v) is 10.1. The predicted octanol–water partition coefficient (Wildman–Crippen LogP) is 5.04. The highest BCUT2D eigenvalue weighted by Gasteiger charge is 2.26. The molecule has 0 spiro atoms. The third-order valence-electron chi connectivity index (χ3n) is 5.66. The van der Waals surface area contributed by atoms with Crippen molar-refractivity contribution in [1.29, 1.82) is 0 Å². The fourth-order valence-corrected chi connectivity index (χ4v) is 4.59. The number of fused-ring (bicyclic) bond motifs is 1. The molecule has 3 aromatic rings. The van der Waals surface area contributed by atoms with Crippen LogP contribution in [0.3, 0.4) is 0 Å². The van der Waals surface area contributed by atoms with Crippen LogP contribution in [0.15, 0.2) is 36.5 Å². The van der Waals surface area contributed by atoms with Gasteiger partial charge in [0.25, 0.3) is 5.91 Å². The summed E-state index contributed by atoms with van der Waals surface area (Å²) in [4.78, 5) is 16.9. The van der Waals surface area contributed by atoms with Crippen molar-refractivity contribution in [2.24, 2.45) is 11.7 Å². The Morgan fingerprint density at radius 2 is 2.07 bits per heavy atom. The van der Waals surface area contributed by atoms with E-state index in [0.29, 0.717) is 22.5 Å². The molecule has 146 valence electrons. The van der Waals surface area contributed by atoms with Crippen LogP contribution in [0.4, 0.5) is 0 Å². The number of carbonyl (C=O) groups is 1. The van der Waals surface area contributed by atoms with Crippen molar-refractivity contribution in [1.82, 2.24) is 9.55 Å². The molecule has 4 rings (SSSR count). The first kappa shape index (κ1) is 18.8. The summed E-state index contributed by atoms with van der Waals surface area (Å²) in [6, 6.07) is 9.45. The van der Waals surface area contributed by atoms with E-state index in [-0.39, 0.29) is 0 Å². The van der Waals surface area contributed by atoms with Gasteiger partial charge in [-0.3, -0.25) is 4.79 Å². The molecule has 1 aliphatic rings. The summed E-state index contributed by atoms with van der Waals surface area (Å²) in [5.74, 6) is 0.549. The van der Waals surface area contributed by atoms with E-state index in [0.717, 1.165) is 28.6 Å². The molecule has 0 saturated heterocycles. The van der Waals surface area contributed by atoms with Gasteiger partial charge in [-0.2, -0.15) is 0 Å². The molecule has 1 aliphatic carbocycles. The Morgan fingerprint density at radius 1 is 1.29 bits per heavy atom. The van der Waals surface area contributed by atoms with E-state index in [9.17, 15) is 4.79 Å². The van der Waals surface area contributed by atoms with Gasteiger partial charge in [-0.05, 0) is 49.1 Å². The number of halogens is 1. The van der Waals surface area contributed by atoms with Crippen LogP contribution in [0.2, 0.25) is 5.02 Å². The number of hydrogen-bond acceptors (Lipinski definition) is 3. The molecule has 1 saturated carbocycles. The number of carbonyl (C=O) groups excluding carboxylic acids is 1. The maximum atomic E-state index is 12.6. The third-order valence-corrected chi connectivity index (χ3v) is 5.89. The summed E-state index contributed by atoms with van der Waals surface area (Å²) in [5.41, 5.74) is 8.84. The van der Waals surface area contributed by atoms with Crippen molar-refractivity contribution in [3.8, 4) is 17.0 Å². The number of primary amides is 1. The molecule has 6 heteroatoms. The van der Waals surface area contributed by atoms with Crippen LogP contribution in [-0.4, -0.2) is 22.6 Å². The highest BCUT2D eigenvalue weighted by molar-refractivity contribution is 6.31. The number of methoxy groups -OCH3 is 1. The van der Waals surface area contributed by atoms with Crippen molar-refractivity contribution >= 4 is 28.4 Å². The second kappa shape index (κ2) is 7.84. The van der Waals surface area contributed by atoms with E-state index in [1.807, 2.05) is 30.3 Å². The minimum Gasteiger partial charge on any atom is -0.481 e. The number of nitrogens with two attached hydrogens (primary N) is 1. The van der Waals surface area contributed by atoms with Gasteiger partial charge in [-0.15, -0.1) is 0 Å². The molecule has 0 aliphatic heterocycles. The number of pyridine rings is 1. The topological polar surface area (TPSA) is 70.1 Å². The fourth-order valence-electron chi connectivity index (χ4n) is 4.42. The van der Waals surface area contributed by atoms with Crippen molar-refractivity contribution in [2.75, 3.05) is 7.11 Å². The number of nitrogens with zero attached hydrogens (tertiary/aromatic N) is 2. The minimum atomic E-state index is -0.455. The normalized spacial score (nSPS) is 15.1. The van der Waals surface area contributed by atoms with Gasteiger partial charge in [0.05, 0.1) is 7.11 Å². The standard InChI is InChI=1S/C22H24ClN3O2/c1-28-22-16(8-5-11-25-22)19-17-12-15(23)9-10-18(17)26(20(19)21(24)27)13-14-6-3-2-4-7-14/h5,8-12,14H,2-4,6-7,13H2,1H3,(H2,24,27). The monoisotopic (exact) mass is 397 g/mol. The lowest BCUT2D eigenvalue weighted by Crippen LogP contribution is -2.22. The predicted molar refractivity (Wildman–Crippen MR) is 112 cm³/mol. The molecule has 0 radical (unpaired) electrons. The summed E-state index contributed by atoms with van der Waals surface area (Å²) < 4.78 is 7.54. The highest BCUT2D eigenvalue weighted by atomic mass is 35.5. The summed E-state index contributed by atoms with van der Waals surface area (Å²) in [6.07, 6.45) is 7.80. The molecule has 1 fully saturated rings. The van der Waals surface area contributed by atoms with Gasteiger partial charge in [-0.25, -0.2) is 4.98 Å². The van der Waals surface area contributed by atoms with E-state index >= 15 is 0 Å². The van der Waals surface area contributed by atoms with Gasteiger partial charge in [0.1, 0.15) is 5.69 Å². The average molecular weight is 398 g/mol. The van der Waals surface area contributed by atoms with Gasteiger partial charge in [0.2, 0.25) is 5.88 Å². The van der Waals surface area contributed by atoms with Crippen LogP contribution in [0.5, 0.6) is 5.88 Å². The van der Waals surface area contributed by atoms with E-state index in [1.165, 1.54) is 32.1 Å². The van der Waals surface area contributed by atoms with Gasteiger partial charge >= 0.3 is 0 Å². The van der Waals surface area contributed by atoms with Gasteiger partial charge in [0.15, 0.2) is 0 Å². The zero-order valence-corrected chi connectivity index (χ0v) is 16.7. The number of rotatable bonds is 5. The number of aromatic nitrogens is 2. The maximum absolute atomic E-state index is 12.6. The second-order valence-electron chi connectivity index (χ2n) is 7.42. The SMILES string of the molecule is COc1ncccc1-c1c(C(N)=O)n(CC2CCCCC2)c2ccc(Cl)cc12. The fraction of sp³-hybridized carbons (Fsp3) is 0.364. The summed E-state index contributed by atoms with van der Waals surface area (Å²) in [5, 5.41) is 1.51. The zero-order valence-electron chi connectivity index (χ0n) is 16.0. The van der Waals surface area contributed by atoms with Crippen molar-refractivity contribution in [3.63, 3.8) is 0 Å². The third kappa shape index (κ3) is 3.35. The lowest BCUT2D eigenvalue weighted by atomic mass is 9.89. The summed E-state index contributed by atoms with van der Waals surface area (Å²) >= 11 is 6.31. The number of benzene rings is 1. The van der Waals surface area contributed by atoms with Gasteiger partial charge in [0, 0.05) is 39.8 Å². The molecule has 28 heavy (non-hydrogen) atoms. The molecule has 2 N–H and O–H groups in total. The molecule has 1 aromatic carbocycles. The molecular formula is C22H24ClN3O2. The molecule has 0 atom stereocenters. The Bertz CT molecular complexity index is 1020. The Morgan fingerprint density at radius 3 is 2.79 bits per heavy atom. The maximum Gasteiger partial charge on any atom is 0.266 e. The van der Waals surface area contributed by atoms with E-state index in [4.69, 9.17) is 22.1 Å². The molecule has 0 bridgehead atoms. The van der Waals surface area contributed by atoms with E-state index in [2.05, 4.69) is 9.55 Å². The smallest absolute Gasteiger partial charge is 0.266 e.